The van der Waals surface area contributed by atoms with E-state index in [1.165, 1.54) is 24.1 Å². The van der Waals surface area contributed by atoms with Crippen LogP contribution in [0.3, 0.4) is 0 Å². The minimum Gasteiger partial charge on any atom is -0.484 e. The van der Waals surface area contributed by atoms with Crippen molar-refractivity contribution in [1.29, 1.82) is 0 Å². The molecule has 0 aliphatic rings. The molecule has 2 amide bonds. The first-order valence-electron chi connectivity index (χ1n) is 8.04. The van der Waals surface area contributed by atoms with E-state index in [9.17, 15) is 14.0 Å². The molecule has 0 fully saturated rings. The molecule has 0 heterocycles. The summed E-state index contributed by atoms with van der Waals surface area (Å²) >= 11 is 2.18. The Hall–Kier alpha value is -2.16. The van der Waals surface area contributed by atoms with E-state index < -0.39 is 6.04 Å². The number of nitrogens with one attached hydrogen (secondary N) is 1. The molecular weight excluding hydrogens is 450 g/mol. The van der Waals surface area contributed by atoms with Gasteiger partial charge >= 0.3 is 0 Å². The summed E-state index contributed by atoms with van der Waals surface area (Å²) in [6.07, 6.45) is 0. The predicted octanol–water partition coefficient (Wildman–Crippen LogP) is 2.97. The normalized spacial score (nSPS) is 11.5. The molecular formula is C19H20FIN2O3. The number of rotatable bonds is 7. The number of likely N-dealkylation sites (N-methyl/N-ethyl adjacent to an activating group) is 1. The minimum absolute atomic E-state index is 0.184. The molecule has 0 aliphatic carbocycles. The number of carbonyl (C=O) groups is 2. The van der Waals surface area contributed by atoms with Gasteiger partial charge in [0.1, 0.15) is 17.6 Å². The smallest absolute Gasteiger partial charge is 0.261 e. The summed E-state index contributed by atoms with van der Waals surface area (Å²) in [5.41, 5.74) is 0.727. The third-order valence-corrected chi connectivity index (χ3v) is 4.57. The lowest BCUT2D eigenvalue weighted by molar-refractivity contribution is -0.142. The van der Waals surface area contributed by atoms with Crippen molar-refractivity contribution < 1.29 is 18.7 Å². The fourth-order valence-electron chi connectivity index (χ4n) is 2.34. The average molecular weight is 470 g/mol. The van der Waals surface area contributed by atoms with Gasteiger partial charge in [0.25, 0.3) is 5.91 Å². The van der Waals surface area contributed by atoms with Crippen molar-refractivity contribution in [2.75, 3.05) is 13.7 Å². The highest BCUT2D eigenvalue weighted by atomic mass is 127. The van der Waals surface area contributed by atoms with Crippen LogP contribution in [0.5, 0.6) is 5.75 Å². The molecule has 0 spiro atoms. The van der Waals surface area contributed by atoms with Gasteiger partial charge < -0.3 is 15.0 Å². The highest BCUT2D eigenvalue weighted by Gasteiger charge is 2.25. The quantitative estimate of drug-likeness (QED) is 0.634. The van der Waals surface area contributed by atoms with Crippen LogP contribution in [-0.4, -0.2) is 36.4 Å². The summed E-state index contributed by atoms with van der Waals surface area (Å²) in [7, 11) is 1.52. The second-order valence-electron chi connectivity index (χ2n) is 5.68. The monoisotopic (exact) mass is 470 g/mol. The Bertz CT molecular complexity index is 750. The van der Waals surface area contributed by atoms with Crippen LogP contribution >= 0.6 is 22.6 Å². The van der Waals surface area contributed by atoms with Crippen LogP contribution in [0.15, 0.2) is 48.5 Å². The maximum Gasteiger partial charge on any atom is 0.261 e. The Kier molecular flexibility index (Phi) is 7.38. The van der Waals surface area contributed by atoms with Crippen LogP contribution in [0.4, 0.5) is 4.39 Å². The van der Waals surface area contributed by atoms with Gasteiger partial charge in [-0.25, -0.2) is 4.39 Å². The standard InChI is InChI=1S/C19H20FIN2O3/c1-13(19(25)22-2)23(11-14-3-5-15(20)6-4-14)18(24)12-26-17-9-7-16(21)8-10-17/h3-10,13H,11-12H2,1-2H3,(H,22,25)/t13-/m0/s1. The molecule has 0 aromatic heterocycles. The fraction of sp³-hybridized carbons (Fsp3) is 0.263. The van der Waals surface area contributed by atoms with E-state index in [4.69, 9.17) is 4.74 Å². The molecule has 0 unspecified atom stereocenters. The molecule has 1 N–H and O–H groups in total. The molecule has 0 saturated carbocycles. The first-order valence-corrected chi connectivity index (χ1v) is 9.12. The predicted molar refractivity (Wildman–Crippen MR) is 105 cm³/mol. The molecule has 0 radical (unpaired) electrons. The van der Waals surface area contributed by atoms with Gasteiger partial charge in [-0.15, -0.1) is 0 Å². The van der Waals surface area contributed by atoms with Gasteiger partial charge in [0, 0.05) is 17.2 Å². The first-order chi connectivity index (χ1) is 12.4. The van der Waals surface area contributed by atoms with Gasteiger partial charge in [0.05, 0.1) is 0 Å². The highest BCUT2D eigenvalue weighted by Crippen LogP contribution is 2.15. The van der Waals surface area contributed by atoms with Crippen molar-refractivity contribution in [3.63, 3.8) is 0 Å². The molecule has 0 bridgehead atoms. The zero-order valence-corrected chi connectivity index (χ0v) is 16.7. The summed E-state index contributed by atoms with van der Waals surface area (Å²) in [5, 5.41) is 2.54. The van der Waals surface area contributed by atoms with Gasteiger partial charge in [0.2, 0.25) is 5.91 Å². The molecule has 26 heavy (non-hydrogen) atoms. The zero-order chi connectivity index (χ0) is 19.1. The maximum absolute atomic E-state index is 13.1. The van der Waals surface area contributed by atoms with Crippen molar-refractivity contribution >= 4 is 34.4 Å². The SMILES string of the molecule is CNC(=O)[C@H](C)N(Cc1ccc(F)cc1)C(=O)COc1ccc(I)cc1. The van der Waals surface area contributed by atoms with Gasteiger partial charge in [-0.2, -0.15) is 0 Å². The lowest BCUT2D eigenvalue weighted by atomic mass is 10.1. The molecule has 0 saturated heterocycles. The van der Waals surface area contributed by atoms with E-state index in [-0.39, 0.29) is 30.8 Å². The van der Waals surface area contributed by atoms with E-state index in [1.807, 2.05) is 12.1 Å². The van der Waals surface area contributed by atoms with Gasteiger partial charge in [-0.05, 0) is 71.5 Å². The summed E-state index contributed by atoms with van der Waals surface area (Å²) in [6.45, 7) is 1.64. The Labute approximate surface area is 165 Å². The van der Waals surface area contributed by atoms with Crippen LogP contribution in [0.25, 0.3) is 0 Å². The molecule has 0 aliphatic heterocycles. The number of nitrogens with zero attached hydrogens (tertiary/aromatic N) is 1. The van der Waals surface area contributed by atoms with Crippen molar-refractivity contribution in [2.24, 2.45) is 0 Å². The number of benzene rings is 2. The van der Waals surface area contributed by atoms with E-state index in [0.717, 1.165) is 9.13 Å². The summed E-state index contributed by atoms with van der Waals surface area (Å²) in [4.78, 5) is 26.1. The van der Waals surface area contributed by atoms with E-state index in [0.29, 0.717) is 5.75 Å². The van der Waals surface area contributed by atoms with Crippen LogP contribution in [0.1, 0.15) is 12.5 Å². The van der Waals surface area contributed by atoms with Crippen LogP contribution in [-0.2, 0) is 16.1 Å². The molecule has 7 heteroatoms. The molecule has 2 rings (SSSR count). The lowest BCUT2D eigenvalue weighted by Crippen LogP contribution is -2.48. The molecule has 2 aromatic rings. The fourth-order valence-corrected chi connectivity index (χ4v) is 2.70. The third-order valence-electron chi connectivity index (χ3n) is 3.86. The van der Waals surface area contributed by atoms with Gasteiger partial charge in [0.15, 0.2) is 6.61 Å². The summed E-state index contributed by atoms with van der Waals surface area (Å²) in [5.74, 6) is -0.389. The maximum atomic E-state index is 13.1. The molecule has 1 atom stereocenters. The number of hydrogen-bond donors (Lipinski definition) is 1. The Morgan fingerprint density at radius 2 is 1.77 bits per heavy atom. The average Bonchev–Trinajstić information content (AvgIpc) is 2.65. The van der Waals surface area contributed by atoms with Crippen LogP contribution in [0, 0.1) is 9.39 Å². The topological polar surface area (TPSA) is 58.6 Å². The molecule has 138 valence electrons. The van der Waals surface area contributed by atoms with Gasteiger partial charge in [-0.1, -0.05) is 12.1 Å². The highest BCUT2D eigenvalue weighted by molar-refractivity contribution is 14.1. The van der Waals surface area contributed by atoms with Crippen LogP contribution < -0.4 is 10.1 Å². The van der Waals surface area contributed by atoms with Gasteiger partial charge in [-0.3, -0.25) is 9.59 Å². The molecule has 5 nitrogen and oxygen atoms in total. The lowest BCUT2D eigenvalue weighted by Gasteiger charge is -2.28. The summed E-state index contributed by atoms with van der Waals surface area (Å²) < 4.78 is 19.7. The Morgan fingerprint density at radius 1 is 1.15 bits per heavy atom. The number of amides is 2. The van der Waals surface area contributed by atoms with E-state index in [2.05, 4.69) is 27.9 Å². The van der Waals surface area contributed by atoms with Crippen molar-refractivity contribution in [3.05, 3.63) is 63.5 Å². The van der Waals surface area contributed by atoms with Crippen LogP contribution in [0.2, 0.25) is 0 Å². The second kappa shape index (κ2) is 9.51. The van der Waals surface area contributed by atoms with Crippen molar-refractivity contribution in [2.45, 2.75) is 19.5 Å². The zero-order valence-electron chi connectivity index (χ0n) is 14.5. The van der Waals surface area contributed by atoms with E-state index >= 15 is 0 Å². The van der Waals surface area contributed by atoms with Crippen molar-refractivity contribution in [1.82, 2.24) is 10.2 Å². The van der Waals surface area contributed by atoms with E-state index in [1.54, 1.807) is 31.2 Å². The number of halogens is 2. The first kappa shape index (κ1) is 20.2. The number of ether oxygens (including phenoxy) is 1. The minimum atomic E-state index is -0.683. The van der Waals surface area contributed by atoms with Crippen molar-refractivity contribution in [3.8, 4) is 5.75 Å². The third kappa shape index (κ3) is 5.69. The molecule has 2 aromatic carbocycles. The largest absolute Gasteiger partial charge is 0.484 e. The number of hydrogen-bond acceptors (Lipinski definition) is 3. The summed E-state index contributed by atoms with van der Waals surface area (Å²) in [6, 6.07) is 12.5. The second-order valence-corrected chi connectivity index (χ2v) is 6.93. The number of carbonyl (C=O) groups excluding carboxylic acids is 2. The Balaban J connectivity index is 2.10. The Morgan fingerprint density at radius 3 is 2.35 bits per heavy atom.